The number of aromatic nitrogens is 2. The molecule has 2 heterocycles. The third-order valence-electron chi connectivity index (χ3n) is 4.55. The average molecular weight is 394 g/mol. The molecule has 3 N–H and O–H groups in total. The maximum Gasteiger partial charge on any atom is 0.201 e. The lowest BCUT2D eigenvalue weighted by Crippen LogP contribution is -2.09. The topological polar surface area (TPSA) is 73.3 Å². The molecule has 0 saturated heterocycles. The van der Waals surface area contributed by atoms with Gasteiger partial charge in [-0.2, -0.15) is 0 Å². The summed E-state index contributed by atoms with van der Waals surface area (Å²) in [6, 6.07) is 5.24. The van der Waals surface area contributed by atoms with Gasteiger partial charge in [0.1, 0.15) is 0 Å². The van der Waals surface area contributed by atoms with Crippen LogP contribution in [0.15, 0.2) is 24.4 Å². The van der Waals surface area contributed by atoms with Crippen LogP contribution in [0.5, 0.6) is 5.88 Å². The molecule has 0 saturated carbocycles. The van der Waals surface area contributed by atoms with Gasteiger partial charge in [0, 0.05) is 46.7 Å². The molecule has 5 nitrogen and oxygen atoms in total. The number of rotatable bonds is 5. The van der Waals surface area contributed by atoms with E-state index in [0.717, 1.165) is 22.4 Å². The van der Waals surface area contributed by atoms with Crippen LogP contribution in [0.1, 0.15) is 24.2 Å². The van der Waals surface area contributed by atoms with E-state index in [2.05, 4.69) is 4.98 Å². The molecular weight excluding hydrogens is 373 g/mol. The zero-order valence-corrected chi connectivity index (χ0v) is 16.4. The van der Waals surface area contributed by atoms with Crippen LogP contribution in [0.2, 0.25) is 10.0 Å². The number of aryl methyl sites for hydroxylation is 1. The van der Waals surface area contributed by atoms with E-state index in [4.69, 9.17) is 33.7 Å². The van der Waals surface area contributed by atoms with Crippen molar-refractivity contribution in [3.8, 4) is 17.0 Å². The summed E-state index contributed by atoms with van der Waals surface area (Å²) in [7, 11) is 1.63. The zero-order chi connectivity index (χ0) is 19.0. The molecule has 138 valence electrons. The first-order valence-electron chi connectivity index (χ1n) is 8.26. The van der Waals surface area contributed by atoms with E-state index < -0.39 is 0 Å². The van der Waals surface area contributed by atoms with E-state index in [1.54, 1.807) is 23.8 Å². The van der Waals surface area contributed by atoms with Crippen molar-refractivity contribution in [1.82, 2.24) is 9.55 Å². The summed E-state index contributed by atoms with van der Waals surface area (Å²) >= 11 is 12.5. The molecule has 0 spiro atoms. The minimum Gasteiger partial charge on any atom is -0.494 e. The summed E-state index contributed by atoms with van der Waals surface area (Å²) in [6.07, 6.45) is 1.83. The second-order valence-corrected chi connectivity index (χ2v) is 7.15. The van der Waals surface area contributed by atoms with Gasteiger partial charge in [-0.25, -0.2) is 0 Å². The van der Waals surface area contributed by atoms with Crippen LogP contribution in [0.4, 0.5) is 0 Å². The second kappa shape index (κ2) is 7.45. The van der Waals surface area contributed by atoms with Crippen LogP contribution < -0.4 is 5.73 Å². The first-order valence-corrected chi connectivity index (χ1v) is 9.02. The van der Waals surface area contributed by atoms with Crippen LogP contribution >= 0.6 is 23.2 Å². The number of ether oxygens (including phenoxy) is 1. The van der Waals surface area contributed by atoms with E-state index in [1.807, 2.05) is 26.1 Å². The Kier molecular flexibility index (Phi) is 5.44. The average Bonchev–Trinajstić information content (AvgIpc) is 2.90. The number of fused-ring (bicyclic) bond motifs is 1. The normalized spacial score (nSPS) is 12.7. The molecule has 0 bridgehead atoms. The standard InChI is InChI=1S/C19H21Cl2N3O2/c1-10(9-26-3)24-8-16-18(19(24)25)17(14(7-22)11(2)23-16)13-5-4-12(20)6-15(13)21/h4-6,8,10,25H,7,9,22H2,1-3H3/t10-/m0/s1. The van der Waals surface area contributed by atoms with Gasteiger partial charge in [-0.3, -0.25) is 4.98 Å². The fourth-order valence-corrected chi connectivity index (χ4v) is 3.81. The number of pyridine rings is 1. The van der Waals surface area contributed by atoms with Gasteiger partial charge in [0.2, 0.25) is 5.88 Å². The van der Waals surface area contributed by atoms with Gasteiger partial charge < -0.3 is 20.1 Å². The third kappa shape index (κ3) is 3.16. The lowest BCUT2D eigenvalue weighted by atomic mass is 9.95. The van der Waals surface area contributed by atoms with Crippen LogP contribution in [0, 0.1) is 6.92 Å². The van der Waals surface area contributed by atoms with Crippen molar-refractivity contribution in [3.63, 3.8) is 0 Å². The molecule has 1 aromatic carbocycles. The van der Waals surface area contributed by atoms with E-state index in [-0.39, 0.29) is 18.5 Å². The highest BCUT2D eigenvalue weighted by atomic mass is 35.5. The minimum atomic E-state index is -0.0515. The molecule has 2 aromatic heterocycles. The minimum absolute atomic E-state index is 0.0515. The van der Waals surface area contributed by atoms with Gasteiger partial charge in [0.15, 0.2) is 0 Å². The quantitative estimate of drug-likeness (QED) is 0.659. The number of hydrogen-bond acceptors (Lipinski definition) is 4. The highest BCUT2D eigenvalue weighted by Crippen LogP contribution is 2.42. The Bertz CT molecular complexity index is 969. The molecule has 0 amide bonds. The summed E-state index contributed by atoms with van der Waals surface area (Å²) in [4.78, 5) is 4.63. The van der Waals surface area contributed by atoms with Crippen molar-refractivity contribution in [2.24, 2.45) is 5.73 Å². The van der Waals surface area contributed by atoms with Crippen LogP contribution in [-0.2, 0) is 11.3 Å². The Labute approximate surface area is 162 Å². The highest BCUT2D eigenvalue weighted by molar-refractivity contribution is 6.36. The Morgan fingerprint density at radius 1 is 1.35 bits per heavy atom. The van der Waals surface area contributed by atoms with Crippen LogP contribution in [0.25, 0.3) is 22.0 Å². The van der Waals surface area contributed by atoms with Gasteiger partial charge in [0.25, 0.3) is 0 Å². The molecule has 0 radical (unpaired) electrons. The fraction of sp³-hybridized carbons (Fsp3) is 0.316. The fourth-order valence-electron chi connectivity index (χ4n) is 3.30. The number of aromatic hydroxyl groups is 1. The molecule has 1 atom stereocenters. The van der Waals surface area contributed by atoms with Crippen molar-refractivity contribution in [1.29, 1.82) is 0 Å². The Morgan fingerprint density at radius 3 is 2.69 bits per heavy atom. The largest absolute Gasteiger partial charge is 0.494 e. The van der Waals surface area contributed by atoms with Gasteiger partial charge in [-0.05, 0) is 31.5 Å². The Balaban J connectivity index is 2.38. The van der Waals surface area contributed by atoms with Crippen molar-refractivity contribution >= 4 is 34.1 Å². The van der Waals surface area contributed by atoms with Gasteiger partial charge in [0.05, 0.1) is 23.6 Å². The molecular formula is C19H21Cl2N3O2. The summed E-state index contributed by atoms with van der Waals surface area (Å²) in [5.41, 5.74) is 9.89. The molecule has 0 aliphatic rings. The molecule has 0 aliphatic carbocycles. The van der Waals surface area contributed by atoms with Gasteiger partial charge in [-0.15, -0.1) is 0 Å². The molecule has 0 aliphatic heterocycles. The van der Waals surface area contributed by atoms with E-state index in [0.29, 0.717) is 27.6 Å². The highest BCUT2D eigenvalue weighted by Gasteiger charge is 2.23. The predicted octanol–water partition coefficient (Wildman–Crippen LogP) is 4.69. The number of hydrogen-bond donors (Lipinski definition) is 2. The molecule has 0 unspecified atom stereocenters. The smallest absolute Gasteiger partial charge is 0.201 e. The maximum absolute atomic E-state index is 10.9. The van der Waals surface area contributed by atoms with E-state index in [1.165, 1.54) is 0 Å². The van der Waals surface area contributed by atoms with Crippen LogP contribution in [0.3, 0.4) is 0 Å². The number of benzene rings is 1. The lowest BCUT2D eigenvalue weighted by Gasteiger charge is -2.15. The van der Waals surface area contributed by atoms with Gasteiger partial charge >= 0.3 is 0 Å². The molecule has 3 aromatic rings. The Morgan fingerprint density at radius 2 is 2.08 bits per heavy atom. The molecule has 0 fully saturated rings. The van der Waals surface area contributed by atoms with Crippen molar-refractivity contribution in [2.45, 2.75) is 26.4 Å². The maximum atomic E-state index is 10.9. The van der Waals surface area contributed by atoms with E-state index in [9.17, 15) is 5.11 Å². The second-order valence-electron chi connectivity index (χ2n) is 6.30. The van der Waals surface area contributed by atoms with Crippen LogP contribution in [-0.4, -0.2) is 28.4 Å². The summed E-state index contributed by atoms with van der Waals surface area (Å²) < 4.78 is 6.97. The van der Waals surface area contributed by atoms with Gasteiger partial charge in [-0.1, -0.05) is 29.3 Å². The summed E-state index contributed by atoms with van der Waals surface area (Å²) in [5, 5.41) is 12.6. The third-order valence-corrected chi connectivity index (χ3v) is 5.10. The van der Waals surface area contributed by atoms with E-state index >= 15 is 0 Å². The Hall–Kier alpha value is -1.79. The number of methoxy groups -OCH3 is 1. The molecule has 26 heavy (non-hydrogen) atoms. The number of nitrogens with two attached hydrogens (primary N) is 1. The predicted molar refractivity (Wildman–Crippen MR) is 106 cm³/mol. The summed E-state index contributed by atoms with van der Waals surface area (Å²) in [6.45, 7) is 4.62. The lowest BCUT2D eigenvalue weighted by molar-refractivity contribution is 0.158. The molecule has 3 rings (SSSR count). The van der Waals surface area contributed by atoms with Crippen molar-refractivity contribution in [2.75, 3.05) is 13.7 Å². The van der Waals surface area contributed by atoms with Crippen molar-refractivity contribution < 1.29 is 9.84 Å². The summed E-state index contributed by atoms with van der Waals surface area (Å²) in [5.74, 6) is 0.118. The first kappa shape index (κ1) is 19.0. The molecule has 7 heteroatoms. The number of halogens is 2. The SMILES string of the molecule is COC[C@H](C)n1cc2nc(C)c(CN)c(-c3ccc(Cl)cc3Cl)c2c1O. The monoisotopic (exact) mass is 393 g/mol. The zero-order valence-electron chi connectivity index (χ0n) is 14.9. The first-order chi connectivity index (χ1) is 12.4. The number of nitrogens with zero attached hydrogens (tertiary/aromatic N) is 2. The van der Waals surface area contributed by atoms with Crippen molar-refractivity contribution in [3.05, 3.63) is 45.7 Å².